The number of ether oxygens (including phenoxy) is 1. The zero-order chi connectivity index (χ0) is 16.2. The van der Waals surface area contributed by atoms with E-state index in [1.54, 1.807) is 24.0 Å². The average molecular weight is 316 g/mol. The van der Waals surface area contributed by atoms with Crippen LogP contribution in [0.2, 0.25) is 0 Å². The molecule has 3 rings (SSSR count). The molecule has 23 heavy (non-hydrogen) atoms. The van der Waals surface area contributed by atoms with Gasteiger partial charge in [0.1, 0.15) is 11.5 Å². The number of hydrogen-bond acceptors (Lipinski definition) is 6. The van der Waals surface area contributed by atoms with Gasteiger partial charge in [0.15, 0.2) is 5.82 Å². The summed E-state index contributed by atoms with van der Waals surface area (Å²) in [6.45, 7) is 3.80. The van der Waals surface area contributed by atoms with Crippen LogP contribution in [0.15, 0.2) is 28.9 Å². The van der Waals surface area contributed by atoms with Crippen LogP contribution in [0.3, 0.4) is 0 Å². The molecule has 1 fully saturated rings. The van der Waals surface area contributed by atoms with Gasteiger partial charge in [0.2, 0.25) is 0 Å². The lowest BCUT2D eigenvalue weighted by Gasteiger charge is -2.26. The molecule has 0 saturated carbocycles. The second kappa shape index (κ2) is 6.57. The molecule has 120 valence electrons. The molecule has 0 spiro atoms. The van der Waals surface area contributed by atoms with Gasteiger partial charge in [-0.05, 0) is 19.1 Å². The van der Waals surface area contributed by atoms with E-state index in [1.807, 2.05) is 0 Å². The second-order valence-electron chi connectivity index (χ2n) is 5.11. The second-order valence-corrected chi connectivity index (χ2v) is 5.11. The first kappa shape index (κ1) is 15.2. The molecule has 8 nitrogen and oxygen atoms in total. The topological polar surface area (TPSA) is 97.6 Å². The summed E-state index contributed by atoms with van der Waals surface area (Å²) in [4.78, 5) is 30.3. The number of amides is 2. The van der Waals surface area contributed by atoms with Gasteiger partial charge in [-0.3, -0.25) is 14.6 Å². The number of nitrogens with zero attached hydrogens (tertiary/aromatic N) is 3. The summed E-state index contributed by atoms with van der Waals surface area (Å²) < 4.78 is 10.1. The molecule has 0 aromatic carbocycles. The summed E-state index contributed by atoms with van der Waals surface area (Å²) >= 11 is 0. The molecule has 1 saturated heterocycles. The predicted octanol–water partition coefficient (Wildman–Crippen LogP) is 1.10. The predicted molar refractivity (Wildman–Crippen MR) is 80.2 cm³/mol. The minimum Gasteiger partial charge on any atom is -0.378 e. The normalized spacial score (nSPS) is 14.6. The lowest BCUT2D eigenvalue weighted by molar-refractivity contribution is 0.0299. The van der Waals surface area contributed by atoms with E-state index >= 15 is 0 Å². The maximum absolute atomic E-state index is 12.4. The molecule has 0 bridgehead atoms. The van der Waals surface area contributed by atoms with Crippen molar-refractivity contribution >= 4 is 17.6 Å². The quantitative estimate of drug-likeness (QED) is 0.910. The third-order valence-corrected chi connectivity index (χ3v) is 3.41. The molecule has 1 aliphatic heterocycles. The van der Waals surface area contributed by atoms with Crippen LogP contribution >= 0.6 is 0 Å². The molecule has 2 aromatic rings. The van der Waals surface area contributed by atoms with Gasteiger partial charge in [-0.25, -0.2) is 0 Å². The van der Waals surface area contributed by atoms with Gasteiger partial charge in [-0.1, -0.05) is 5.16 Å². The van der Waals surface area contributed by atoms with E-state index in [2.05, 4.69) is 15.5 Å². The maximum Gasteiger partial charge on any atom is 0.272 e. The fourth-order valence-corrected chi connectivity index (χ4v) is 2.23. The van der Waals surface area contributed by atoms with Crippen molar-refractivity contribution in [3.63, 3.8) is 0 Å². The third-order valence-electron chi connectivity index (χ3n) is 3.41. The summed E-state index contributed by atoms with van der Waals surface area (Å²) in [5.41, 5.74) is 0.563. The molecule has 0 unspecified atom stereocenters. The number of morpholine rings is 1. The molecule has 2 aromatic heterocycles. The Morgan fingerprint density at radius 2 is 2.04 bits per heavy atom. The Balaban J connectivity index is 1.73. The third kappa shape index (κ3) is 3.54. The van der Waals surface area contributed by atoms with Gasteiger partial charge in [-0.15, -0.1) is 0 Å². The molecule has 0 radical (unpaired) electrons. The standard InChI is InChI=1S/C15H16N4O4/c1-10-8-13(18-23-10)17-14(20)11-2-3-16-12(9-11)15(21)19-4-6-22-7-5-19/h2-3,8-9H,4-7H2,1H3,(H,17,18,20). The van der Waals surface area contributed by atoms with Crippen LogP contribution in [-0.4, -0.2) is 53.2 Å². The SMILES string of the molecule is Cc1cc(NC(=O)c2ccnc(C(=O)N3CCOCC3)c2)no1. The number of nitrogens with one attached hydrogen (secondary N) is 1. The zero-order valence-corrected chi connectivity index (χ0v) is 12.6. The van der Waals surface area contributed by atoms with E-state index in [9.17, 15) is 9.59 Å². The Morgan fingerprint density at radius 1 is 1.26 bits per heavy atom. The summed E-state index contributed by atoms with van der Waals surface area (Å²) in [7, 11) is 0. The number of pyridine rings is 1. The highest BCUT2D eigenvalue weighted by molar-refractivity contribution is 6.05. The lowest BCUT2D eigenvalue weighted by Crippen LogP contribution is -2.41. The molecule has 1 N–H and O–H groups in total. The summed E-state index contributed by atoms with van der Waals surface area (Å²) in [5, 5.41) is 6.31. The number of aromatic nitrogens is 2. The van der Waals surface area contributed by atoms with Gasteiger partial charge < -0.3 is 19.5 Å². The summed E-state index contributed by atoms with van der Waals surface area (Å²) in [6, 6.07) is 4.62. The van der Waals surface area contributed by atoms with Crippen molar-refractivity contribution in [1.29, 1.82) is 0 Å². The van der Waals surface area contributed by atoms with E-state index in [0.29, 0.717) is 43.4 Å². The van der Waals surface area contributed by atoms with Crippen molar-refractivity contribution in [1.82, 2.24) is 15.0 Å². The minimum atomic E-state index is -0.378. The zero-order valence-electron chi connectivity index (χ0n) is 12.6. The van der Waals surface area contributed by atoms with Gasteiger partial charge in [0.25, 0.3) is 11.8 Å². The smallest absolute Gasteiger partial charge is 0.272 e. The molecular formula is C15H16N4O4. The molecule has 1 aliphatic rings. The first-order valence-electron chi connectivity index (χ1n) is 7.21. The number of aryl methyl sites for hydroxylation is 1. The number of hydrogen-bond donors (Lipinski definition) is 1. The van der Waals surface area contributed by atoms with Gasteiger partial charge in [-0.2, -0.15) is 0 Å². The molecule has 8 heteroatoms. The van der Waals surface area contributed by atoms with E-state index in [-0.39, 0.29) is 17.5 Å². The highest BCUT2D eigenvalue weighted by atomic mass is 16.5. The van der Waals surface area contributed by atoms with E-state index in [1.165, 1.54) is 12.3 Å². The first-order valence-corrected chi connectivity index (χ1v) is 7.21. The van der Waals surface area contributed by atoms with Crippen molar-refractivity contribution in [3.8, 4) is 0 Å². The Hall–Kier alpha value is -2.74. The lowest BCUT2D eigenvalue weighted by atomic mass is 10.2. The number of anilines is 1. The van der Waals surface area contributed by atoms with E-state index in [4.69, 9.17) is 9.26 Å². The largest absolute Gasteiger partial charge is 0.378 e. The van der Waals surface area contributed by atoms with Gasteiger partial charge >= 0.3 is 0 Å². The number of carbonyl (C=O) groups excluding carboxylic acids is 2. The fourth-order valence-electron chi connectivity index (χ4n) is 2.23. The molecule has 0 atom stereocenters. The fraction of sp³-hybridized carbons (Fsp3) is 0.333. The van der Waals surface area contributed by atoms with Gasteiger partial charge in [0.05, 0.1) is 13.2 Å². The summed E-state index contributed by atoms with van der Waals surface area (Å²) in [5.74, 6) is 0.334. The van der Waals surface area contributed by atoms with Crippen LogP contribution in [0.1, 0.15) is 26.6 Å². The van der Waals surface area contributed by atoms with Crippen molar-refractivity contribution in [2.24, 2.45) is 0 Å². The van der Waals surface area contributed by atoms with Crippen LogP contribution in [-0.2, 0) is 4.74 Å². The Kier molecular flexibility index (Phi) is 4.33. The van der Waals surface area contributed by atoms with Crippen LogP contribution in [0.25, 0.3) is 0 Å². The van der Waals surface area contributed by atoms with Crippen molar-refractivity contribution < 1.29 is 18.8 Å². The maximum atomic E-state index is 12.4. The van der Waals surface area contributed by atoms with Crippen LogP contribution in [0, 0.1) is 6.92 Å². The summed E-state index contributed by atoms with van der Waals surface area (Å²) in [6.07, 6.45) is 1.44. The van der Waals surface area contributed by atoms with Crippen LogP contribution in [0.4, 0.5) is 5.82 Å². The molecule has 2 amide bonds. The Morgan fingerprint density at radius 3 is 2.74 bits per heavy atom. The number of rotatable bonds is 3. The highest BCUT2D eigenvalue weighted by Crippen LogP contribution is 2.11. The number of carbonyl (C=O) groups is 2. The van der Waals surface area contributed by atoms with Crippen molar-refractivity contribution in [2.45, 2.75) is 6.92 Å². The first-order chi connectivity index (χ1) is 11.1. The molecule has 3 heterocycles. The average Bonchev–Trinajstić information content (AvgIpc) is 3.00. The Labute approximate surface area is 132 Å². The van der Waals surface area contributed by atoms with E-state index in [0.717, 1.165) is 0 Å². The van der Waals surface area contributed by atoms with Crippen molar-refractivity contribution in [3.05, 3.63) is 41.4 Å². The molecule has 0 aliphatic carbocycles. The van der Waals surface area contributed by atoms with E-state index < -0.39 is 0 Å². The Bertz CT molecular complexity index is 722. The minimum absolute atomic E-state index is 0.208. The van der Waals surface area contributed by atoms with Gasteiger partial charge in [0, 0.05) is 30.9 Å². The highest BCUT2D eigenvalue weighted by Gasteiger charge is 2.20. The monoisotopic (exact) mass is 316 g/mol. The van der Waals surface area contributed by atoms with Crippen LogP contribution in [0.5, 0.6) is 0 Å². The van der Waals surface area contributed by atoms with Crippen LogP contribution < -0.4 is 5.32 Å². The van der Waals surface area contributed by atoms with Crippen molar-refractivity contribution in [2.75, 3.05) is 31.6 Å². The molecular weight excluding hydrogens is 300 g/mol.